The van der Waals surface area contributed by atoms with Crippen molar-refractivity contribution >= 4 is 15.7 Å². The molecule has 2 aromatic heterocycles. The van der Waals surface area contributed by atoms with Crippen LogP contribution >= 0.6 is 0 Å². The minimum absolute atomic E-state index is 0.102. The van der Waals surface area contributed by atoms with Gasteiger partial charge in [0.2, 0.25) is 0 Å². The molecule has 154 valence electrons. The van der Waals surface area contributed by atoms with Crippen molar-refractivity contribution in [1.29, 1.82) is 0 Å². The van der Waals surface area contributed by atoms with Crippen LogP contribution in [-0.2, 0) is 16.4 Å². The van der Waals surface area contributed by atoms with Gasteiger partial charge in [-0.1, -0.05) is 0 Å². The van der Waals surface area contributed by atoms with Gasteiger partial charge in [0.25, 0.3) is 5.91 Å². The van der Waals surface area contributed by atoms with Crippen LogP contribution in [0, 0.1) is 5.92 Å². The van der Waals surface area contributed by atoms with Crippen molar-refractivity contribution in [1.82, 2.24) is 20.1 Å². The number of sulfone groups is 1. The number of carbonyl (C=O) groups is 1. The lowest BCUT2D eigenvalue weighted by atomic mass is 10.00. The quantitative estimate of drug-likeness (QED) is 0.681. The molecule has 1 N–H and O–H groups in total. The first-order valence-electron chi connectivity index (χ1n) is 9.97. The average molecular weight is 423 g/mol. The van der Waals surface area contributed by atoms with E-state index < -0.39 is 9.84 Å². The number of hydrogen-bond donors (Lipinski definition) is 1. The minimum atomic E-state index is -3.58. The normalized spacial score (nSPS) is 17.3. The molecule has 1 aliphatic heterocycles. The molecule has 1 atom stereocenters. The second-order valence-corrected chi connectivity index (χ2v) is 10.2. The van der Waals surface area contributed by atoms with Gasteiger partial charge in [0.1, 0.15) is 0 Å². The third-order valence-electron chi connectivity index (χ3n) is 6.06. The summed E-state index contributed by atoms with van der Waals surface area (Å²) in [6.45, 7) is 2.50. The molecule has 30 heavy (non-hydrogen) atoms. The topological polar surface area (TPSA) is 96.0 Å². The summed E-state index contributed by atoms with van der Waals surface area (Å²) < 4.78 is 25.2. The van der Waals surface area contributed by atoms with E-state index >= 15 is 0 Å². The number of aromatic amines is 1. The Morgan fingerprint density at radius 1 is 1.13 bits per heavy atom. The molecule has 0 spiro atoms. The van der Waals surface area contributed by atoms with E-state index in [1.807, 2.05) is 29.2 Å². The number of pyridine rings is 1. The standard InChI is InChI=1S/C22H22N4O3S/c1-13(14-3-4-14)26-12-17-9-16(11-20(30(2,28)29)21(17)22(26)27)15-5-7-23-19(10-15)18-6-8-24-25-18/h5-11,13-14H,3-4,12H2,1-2H3,(H,24,25). The van der Waals surface area contributed by atoms with E-state index in [1.54, 1.807) is 18.5 Å². The molecule has 1 fully saturated rings. The first-order valence-corrected chi connectivity index (χ1v) is 11.9. The summed E-state index contributed by atoms with van der Waals surface area (Å²) in [4.78, 5) is 19.4. The Hall–Kier alpha value is -3.00. The van der Waals surface area contributed by atoms with Crippen LogP contribution in [0.3, 0.4) is 0 Å². The van der Waals surface area contributed by atoms with E-state index in [9.17, 15) is 13.2 Å². The lowest BCUT2D eigenvalue weighted by Crippen LogP contribution is -2.35. The van der Waals surface area contributed by atoms with Gasteiger partial charge < -0.3 is 4.90 Å². The molecule has 1 amide bonds. The first kappa shape index (κ1) is 19.0. The summed E-state index contributed by atoms with van der Waals surface area (Å²) in [6, 6.07) is 9.23. The van der Waals surface area contributed by atoms with Crippen molar-refractivity contribution in [2.45, 2.75) is 37.2 Å². The Morgan fingerprint density at radius 3 is 2.60 bits per heavy atom. The molecule has 0 radical (unpaired) electrons. The van der Waals surface area contributed by atoms with Gasteiger partial charge in [-0.05, 0) is 72.7 Å². The summed E-state index contributed by atoms with van der Waals surface area (Å²) in [5, 5.41) is 6.85. The number of carbonyl (C=O) groups excluding carboxylic acids is 1. The number of nitrogens with zero attached hydrogens (tertiary/aromatic N) is 3. The fourth-order valence-corrected chi connectivity index (χ4v) is 5.15. The second-order valence-electron chi connectivity index (χ2n) is 8.19. The molecule has 8 heteroatoms. The third-order valence-corrected chi connectivity index (χ3v) is 7.19. The summed E-state index contributed by atoms with van der Waals surface area (Å²) >= 11 is 0. The van der Waals surface area contributed by atoms with Crippen molar-refractivity contribution in [2.75, 3.05) is 6.26 Å². The number of amides is 1. The zero-order chi connectivity index (χ0) is 21.0. The lowest BCUT2D eigenvalue weighted by molar-refractivity contribution is 0.0694. The second kappa shape index (κ2) is 6.77. The van der Waals surface area contributed by atoms with Crippen LogP contribution in [0.5, 0.6) is 0 Å². The van der Waals surface area contributed by atoms with E-state index in [-0.39, 0.29) is 16.8 Å². The van der Waals surface area contributed by atoms with E-state index in [2.05, 4.69) is 22.1 Å². The first-order chi connectivity index (χ1) is 14.3. The fourth-order valence-electron chi connectivity index (χ4n) is 4.22. The zero-order valence-electron chi connectivity index (χ0n) is 16.8. The summed E-state index contributed by atoms with van der Waals surface area (Å²) in [5.41, 5.74) is 4.18. The van der Waals surface area contributed by atoms with Gasteiger partial charge in [0.05, 0.1) is 21.8 Å². The van der Waals surface area contributed by atoms with Crippen molar-refractivity contribution in [3.8, 4) is 22.5 Å². The van der Waals surface area contributed by atoms with Crippen LogP contribution in [0.1, 0.15) is 35.7 Å². The highest BCUT2D eigenvalue weighted by molar-refractivity contribution is 7.90. The molecule has 0 bridgehead atoms. The van der Waals surface area contributed by atoms with Crippen LogP contribution in [0.2, 0.25) is 0 Å². The number of hydrogen-bond acceptors (Lipinski definition) is 5. The molecular formula is C22H22N4O3S. The predicted octanol–water partition coefficient (Wildman–Crippen LogP) is 3.30. The number of nitrogens with one attached hydrogen (secondary N) is 1. The molecule has 1 aromatic carbocycles. The SMILES string of the molecule is CC(C1CC1)N1Cc2cc(-c3ccnc(-c4ccn[nH]4)c3)cc(S(C)(=O)=O)c2C1=O. The van der Waals surface area contributed by atoms with Crippen molar-refractivity contribution in [3.63, 3.8) is 0 Å². The Bertz CT molecular complexity index is 1250. The molecule has 3 heterocycles. The largest absolute Gasteiger partial charge is 0.331 e. The third kappa shape index (κ3) is 3.21. The van der Waals surface area contributed by atoms with Gasteiger partial charge in [0, 0.05) is 31.2 Å². The lowest BCUT2D eigenvalue weighted by Gasteiger charge is -2.24. The van der Waals surface area contributed by atoms with Crippen LogP contribution in [0.4, 0.5) is 0 Å². The minimum Gasteiger partial charge on any atom is -0.331 e. The highest BCUT2D eigenvalue weighted by atomic mass is 32.2. The molecule has 5 rings (SSSR count). The predicted molar refractivity (Wildman–Crippen MR) is 112 cm³/mol. The molecule has 1 aliphatic carbocycles. The van der Waals surface area contributed by atoms with Crippen molar-refractivity contribution < 1.29 is 13.2 Å². The summed E-state index contributed by atoms with van der Waals surface area (Å²) in [5.74, 6) is 0.339. The molecular weight excluding hydrogens is 400 g/mol. The Balaban J connectivity index is 1.62. The Morgan fingerprint density at radius 2 is 1.93 bits per heavy atom. The van der Waals surface area contributed by atoms with E-state index in [0.717, 1.165) is 41.5 Å². The molecule has 1 unspecified atom stereocenters. The van der Waals surface area contributed by atoms with Crippen LogP contribution in [0.25, 0.3) is 22.5 Å². The molecule has 1 saturated carbocycles. The van der Waals surface area contributed by atoms with E-state index in [1.165, 1.54) is 0 Å². The van der Waals surface area contributed by atoms with E-state index in [4.69, 9.17) is 0 Å². The smallest absolute Gasteiger partial charge is 0.256 e. The number of H-pyrrole nitrogens is 1. The molecule has 7 nitrogen and oxygen atoms in total. The Kier molecular flexibility index (Phi) is 4.28. The van der Waals surface area contributed by atoms with Gasteiger partial charge in [0.15, 0.2) is 9.84 Å². The summed E-state index contributed by atoms with van der Waals surface area (Å²) in [7, 11) is -3.58. The zero-order valence-corrected chi connectivity index (χ0v) is 17.6. The Labute approximate surface area is 175 Å². The van der Waals surface area contributed by atoms with Crippen LogP contribution < -0.4 is 0 Å². The molecule has 3 aromatic rings. The maximum Gasteiger partial charge on any atom is 0.256 e. The van der Waals surface area contributed by atoms with Crippen molar-refractivity contribution in [3.05, 3.63) is 53.9 Å². The van der Waals surface area contributed by atoms with Gasteiger partial charge in [-0.25, -0.2) is 8.42 Å². The maximum absolute atomic E-state index is 13.1. The van der Waals surface area contributed by atoms with Crippen LogP contribution in [-0.4, -0.2) is 46.7 Å². The van der Waals surface area contributed by atoms with Gasteiger partial charge in [-0.15, -0.1) is 0 Å². The monoisotopic (exact) mass is 422 g/mol. The highest BCUT2D eigenvalue weighted by Crippen LogP contribution is 2.40. The van der Waals surface area contributed by atoms with Gasteiger partial charge in [-0.2, -0.15) is 5.10 Å². The van der Waals surface area contributed by atoms with Gasteiger partial charge >= 0.3 is 0 Å². The number of fused-ring (bicyclic) bond motifs is 1. The van der Waals surface area contributed by atoms with Crippen molar-refractivity contribution in [2.24, 2.45) is 5.92 Å². The highest BCUT2D eigenvalue weighted by Gasteiger charge is 2.40. The molecule has 0 saturated heterocycles. The number of benzene rings is 1. The van der Waals surface area contributed by atoms with E-state index in [0.29, 0.717) is 23.7 Å². The maximum atomic E-state index is 13.1. The number of rotatable bonds is 5. The fraction of sp³-hybridized carbons (Fsp3) is 0.318. The average Bonchev–Trinajstić information content (AvgIpc) is 3.32. The molecule has 2 aliphatic rings. The summed E-state index contributed by atoms with van der Waals surface area (Å²) in [6.07, 6.45) is 6.75. The van der Waals surface area contributed by atoms with Gasteiger partial charge in [-0.3, -0.25) is 14.9 Å². The van der Waals surface area contributed by atoms with Crippen LogP contribution in [0.15, 0.2) is 47.6 Å². The number of aromatic nitrogens is 3.